The lowest BCUT2D eigenvalue weighted by atomic mass is 10.1. The number of aromatic nitrogens is 1. The third-order valence-electron chi connectivity index (χ3n) is 2.14. The van der Waals surface area contributed by atoms with Gasteiger partial charge in [0.05, 0.1) is 9.95 Å². The van der Waals surface area contributed by atoms with Crippen molar-refractivity contribution in [3.8, 4) is 0 Å². The summed E-state index contributed by atoms with van der Waals surface area (Å²) in [6.45, 7) is 0. The van der Waals surface area contributed by atoms with Crippen molar-refractivity contribution in [1.29, 1.82) is 0 Å². The van der Waals surface area contributed by atoms with Crippen LogP contribution < -0.4 is 0 Å². The van der Waals surface area contributed by atoms with Crippen molar-refractivity contribution >= 4 is 28.6 Å². The minimum Gasteiger partial charge on any atom is -0.360 e. The molecule has 0 aliphatic carbocycles. The number of hydrogen-bond acceptors (Lipinski definition) is 2. The maximum atomic E-state index is 13.7. The first kappa shape index (κ1) is 10.6. The van der Waals surface area contributed by atoms with Crippen molar-refractivity contribution in [2.24, 2.45) is 0 Å². The third-order valence-corrected chi connectivity index (χ3v) is 2.43. The summed E-state index contributed by atoms with van der Waals surface area (Å²) in [7, 11) is 0. The molecule has 0 amide bonds. The van der Waals surface area contributed by atoms with Gasteiger partial charge in [-0.2, -0.15) is 0 Å². The van der Waals surface area contributed by atoms with Crippen LogP contribution in [0.2, 0.25) is 5.02 Å². The number of aromatic amines is 1. The summed E-state index contributed by atoms with van der Waals surface area (Å²) in [5.74, 6) is -0.580. The number of hydrogen-bond donors (Lipinski definition) is 1. The standard InChI is InChI=1S/C10H6ClFN2O2/c11-7-1-2-8-9(10(7)12)6(5-13-8)3-4-14(15)16/h1-5,13H/b4-3+. The monoisotopic (exact) mass is 240 g/mol. The molecule has 0 fully saturated rings. The van der Waals surface area contributed by atoms with Crippen LogP contribution in [-0.4, -0.2) is 9.91 Å². The molecule has 0 atom stereocenters. The lowest BCUT2D eigenvalue weighted by molar-refractivity contribution is -0.400. The van der Waals surface area contributed by atoms with Crippen LogP contribution in [-0.2, 0) is 0 Å². The van der Waals surface area contributed by atoms with Gasteiger partial charge in [-0.3, -0.25) is 10.1 Å². The lowest BCUT2D eigenvalue weighted by Gasteiger charge is -1.96. The minimum atomic E-state index is -0.610. The molecule has 16 heavy (non-hydrogen) atoms. The summed E-state index contributed by atoms with van der Waals surface area (Å²) >= 11 is 5.63. The molecule has 2 rings (SSSR count). The molecule has 6 heteroatoms. The lowest BCUT2D eigenvalue weighted by Crippen LogP contribution is -1.83. The summed E-state index contributed by atoms with van der Waals surface area (Å²) in [6.07, 6.45) is 3.46. The van der Waals surface area contributed by atoms with E-state index in [0.717, 1.165) is 6.20 Å². The highest BCUT2D eigenvalue weighted by Crippen LogP contribution is 2.27. The number of H-pyrrole nitrogens is 1. The summed E-state index contributed by atoms with van der Waals surface area (Å²) in [6, 6.07) is 3.04. The van der Waals surface area contributed by atoms with Crippen molar-refractivity contribution in [1.82, 2.24) is 4.98 Å². The fourth-order valence-electron chi connectivity index (χ4n) is 1.45. The van der Waals surface area contributed by atoms with Crippen molar-refractivity contribution in [3.05, 3.63) is 51.0 Å². The summed E-state index contributed by atoms with van der Waals surface area (Å²) in [5, 5.41) is 10.4. The Morgan fingerprint density at radius 1 is 1.50 bits per heavy atom. The van der Waals surface area contributed by atoms with Crippen LogP contribution >= 0.6 is 11.6 Å². The highest BCUT2D eigenvalue weighted by molar-refractivity contribution is 6.31. The van der Waals surface area contributed by atoms with Gasteiger partial charge < -0.3 is 4.98 Å². The number of benzene rings is 1. The first-order chi connectivity index (χ1) is 7.59. The molecule has 0 unspecified atom stereocenters. The van der Waals surface area contributed by atoms with Crippen LogP contribution in [0.1, 0.15) is 5.56 Å². The first-order valence-corrected chi connectivity index (χ1v) is 4.74. The van der Waals surface area contributed by atoms with Crippen LogP contribution in [0.25, 0.3) is 17.0 Å². The molecule has 0 radical (unpaired) electrons. The number of halogens is 2. The van der Waals surface area contributed by atoms with Gasteiger partial charge in [-0.05, 0) is 12.1 Å². The van der Waals surface area contributed by atoms with Crippen LogP contribution in [0, 0.1) is 15.9 Å². The van der Waals surface area contributed by atoms with E-state index in [2.05, 4.69) is 4.98 Å². The largest absolute Gasteiger partial charge is 0.360 e. The summed E-state index contributed by atoms with van der Waals surface area (Å²) < 4.78 is 13.7. The van der Waals surface area contributed by atoms with E-state index in [0.29, 0.717) is 11.1 Å². The summed E-state index contributed by atoms with van der Waals surface area (Å²) in [4.78, 5) is 12.4. The topological polar surface area (TPSA) is 58.9 Å². The fourth-order valence-corrected chi connectivity index (χ4v) is 1.61. The Balaban J connectivity index is 2.63. The molecule has 0 saturated heterocycles. The Morgan fingerprint density at radius 3 is 2.94 bits per heavy atom. The van der Waals surface area contributed by atoms with Gasteiger partial charge in [0, 0.05) is 28.7 Å². The summed E-state index contributed by atoms with van der Waals surface area (Å²) in [5.41, 5.74) is 0.941. The number of nitrogens with zero attached hydrogens (tertiary/aromatic N) is 1. The van der Waals surface area contributed by atoms with E-state index in [9.17, 15) is 14.5 Å². The smallest absolute Gasteiger partial charge is 0.235 e. The first-order valence-electron chi connectivity index (χ1n) is 4.36. The average Bonchev–Trinajstić information content (AvgIpc) is 2.64. The normalized spacial score (nSPS) is 11.4. The second-order valence-electron chi connectivity index (χ2n) is 3.13. The molecule has 82 valence electrons. The molecule has 1 aromatic carbocycles. The Hall–Kier alpha value is -1.88. The molecule has 0 saturated carbocycles. The second-order valence-corrected chi connectivity index (χ2v) is 3.54. The van der Waals surface area contributed by atoms with Gasteiger partial charge in [-0.25, -0.2) is 4.39 Å². The van der Waals surface area contributed by atoms with Crippen molar-refractivity contribution in [2.75, 3.05) is 0 Å². The van der Waals surface area contributed by atoms with E-state index in [1.165, 1.54) is 18.3 Å². The Labute approximate surface area is 94.5 Å². The van der Waals surface area contributed by atoms with Crippen LogP contribution in [0.15, 0.2) is 24.5 Å². The highest BCUT2D eigenvalue weighted by Gasteiger charge is 2.10. The third kappa shape index (κ3) is 1.77. The van der Waals surface area contributed by atoms with E-state index < -0.39 is 10.7 Å². The predicted octanol–water partition coefficient (Wildman–Crippen LogP) is 3.21. The van der Waals surface area contributed by atoms with Gasteiger partial charge in [0.25, 0.3) is 0 Å². The fraction of sp³-hybridized carbons (Fsp3) is 0. The van der Waals surface area contributed by atoms with E-state index in [-0.39, 0.29) is 10.4 Å². The van der Waals surface area contributed by atoms with Crippen molar-refractivity contribution in [2.45, 2.75) is 0 Å². The zero-order chi connectivity index (χ0) is 11.7. The molecule has 0 spiro atoms. The maximum absolute atomic E-state index is 13.7. The molecule has 0 aliphatic heterocycles. The van der Waals surface area contributed by atoms with E-state index in [1.807, 2.05) is 0 Å². The van der Waals surface area contributed by atoms with Gasteiger partial charge in [-0.1, -0.05) is 11.6 Å². The number of fused-ring (bicyclic) bond motifs is 1. The van der Waals surface area contributed by atoms with Crippen LogP contribution in [0.4, 0.5) is 4.39 Å². The van der Waals surface area contributed by atoms with E-state index in [1.54, 1.807) is 6.07 Å². The molecule has 1 N–H and O–H groups in total. The Morgan fingerprint density at radius 2 is 2.25 bits per heavy atom. The Bertz CT molecular complexity index is 592. The molecule has 4 nitrogen and oxygen atoms in total. The minimum absolute atomic E-state index is 0.0112. The van der Waals surface area contributed by atoms with Gasteiger partial charge in [0.2, 0.25) is 6.20 Å². The van der Waals surface area contributed by atoms with Gasteiger partial charge in [0.15, 0.2) is 5.82 Å². The molecule has 0 bridgehead atoms. The average molecular weight is 241 g/mol. The van der Waals surface area contributed by atoms with E-state index >= 15 is 0 Å². The molecule has 2 aromatic rings. The number of nitro groups is 1. The second kappa shape index (κ2) is 3.94. The molecule has 1 heterocycles. The van der Waals surface area contributed by atoms with E-state index in [4.69, 9.17) is 11.6 Å². The zero-order valence-electron chi connectivity index (χ0n) is 7.91. The predicted molar refractivity (Wildman–Crippen MR) is 59.3 cm³/mol. The highest BCUT2D eigenvalue weighted by atomic mass is 35.5. The number of rotatable bonds is 2. The van der Waals surface area contributed by atoms with Gasteiger partial charge >= 0.3 is 0 Å². The Kier molecular flexibility index (Phi) is 2.62. The maximum Gasteiger partial charge on any atom is 0.235 e. The van der Waals surface area contributed by atoms with Crippen LogP contribution in [0.3, 0.4) is 0 Å². The molecule has 1 aromatic heterocycles. The molecule has 0 aliphatic rings. The SMILES string of the molecule is O=[N+]([O-])/C=C/c1c[nH]c2ccc(Cl)c(F)c12. The molecular weight excluding hydrogens is 235 g/mol. The number of nitrogens with one attached hydrogen (secondary N) is 1. The van der Waals surface area contributed by atoms with Gasteiger partial charge in [-0.15, -0.1) is 0 Å². The quantitative estimate of drug-likeness (QED) is 0.647. The van der Waals surface area contributed by atoms with Crippen LogP contribution in [0.5, 0.6) is 0 Å². The van der Waals surface area contributed by atoms with Gasteiger partial charge in [0.1, 0.15) is 0 Å². The molecular formula is C10H6ClFN2O2. The zero-order valence-corrected chi connectivity index (χ0v) is 8.66. The van der Waals surface area contributed by atoms with Crippen molar-refractivity contribution < 1.29 is 9.31 Å². The van der Waals surface area contributed by atoms with Crippen molar-refractivity contribution in [3.63, 3.8) is 0 Å².